The van der Waals surface area contributed by atoms with Crippen LogP contribution in [0.15, 0.2) is 97.1 Å². The lowest BCUT2D eigenvalue weighted by Crippen LogP contribution is -2.53. The van der Waals surface area contributed by atoms with E-state index in [-0.39, 0.29) is 5.97 Å². The molecular weight excluding hydrogens is 1030 g/mol. The average molecular weight is 1100 g/mol. The Morgan fingerprint density at radius 2 is 0.857 bits per heavy atom. The third-order valence-corrected chi connectivity index (χ3v) is 40.5. The first-order chi connectivity index (χ1) is 33.3. The van der Waals surface area contributed by atoms with Crippen LogP contribution in [0.4, 0.5) is 0 Å². The highest BCUT2D eigenvalue weighted by atomic mass is 28.5. The van der Waals surface area contributed by atoms with Gasteiger partial charge in [-0.05, 0) is 174 Å². The van der Waals surface area contributed by atoms with Gasteiger partial charge in [-0.25, -0.2) is 9.59 Å². The molecule has 2 aliphatic rings. The maximum Gasteiger partial charge on any atom is 0.343 e. The SMILES string of the molecule is C[SiH]1O[SiH](C)O[Si](C)(CCCOC(=O)CCCCc2ccc(C(=O)Oc3ccc(C(C)(C)c4ccc(C(=O)Oc5ccc(CCC[Si]6(C)O[SiH](C)O[SiH](C)O[SiH](C)O6)cc5)cc4)cc3)cc2)O[SiH](C)O1. The van der Waals surface area contributed by atoms with Crippen LogP contribution in [0.5, 0.6) is 11.5 Å². The van der Waals surface area contributed by atoms with Crippen LogP contribution in [-0.2, 0) is 60.7 Å². The molecule has 0 saturated carbocycles. The Labute approximate surface area is 427 Å². The van der Waals surface area contributed by atoms with Gasteiger partial charge in [0, 0.05) is 11.8 Å². The largest absolute Gasteiger partial charge is 0.466 e. The molecule has 0 spiro atoms. The summed E-state index contributed by atoms with van der Waals surface area (Å²) >= 11 is 0. The minimum absolute atomic E-state index is 0.203. The Morgan fingerprint density at radius 3 is 1.31 bits per heavy atom. The average Bonchev–Trinajstić information content (AvgIpc) is 3.29. The minimum Gasteiger partial charge on any atom is -0.466 e. The van der Waals surface area contributed by atoms with Gasteiger partial charge in [0.1, 0.15) is 11.5 Å². The van der Waals surface area contributed by atoms with Crippen molar-refractivity contribution >= 4 is 90.7 Å². The van der Waals surface area contributed by atoms with Crippen LogP contribution >= 0.6 is 0 Å². The number of ether oxygens (including phenoxy) is 3. The zero-order valence-corrected chi connectivity index (χ0v) is 51.4. The maximum absolute atomic E-state index is 13.1. The molecule has 14 nitrogen and oxygen atoms in total. The number of benzene rings is 4. The van der Waals surface area contributed by atoms with Gasteiger partial charge in [-0.2, -0.15) is 0 Å². The smallest absolute Gasteiger partial charge is 0.343 e. The van der Waals surface area contributed by atoms with Crippen LogP contribution in [0.2, 0.25) is 64.5 Å². The number of hydrogen-bond donors (Lipinski definition) is 0. The third kappa shape index (κ3) is 17.4. The zero-order chi connectivity index (χ0) is 50.5. The van der Waals surface area contributed by atoms with Gasteiger partial charge in [0.25, 0.3) is 55.7 Å². The molecule has 4 atom stereocenters. The first-order valence-electron chi connectivity index (χ1n) is 24.6. The molecule has 380 valence electrons. The van der Waals surface area contributed by atoms with Crippen LogP contribution < -0.4 is 9.47 Å². The summed E-state index contributed by atoms with van der Waals surface area (Å²) in [5.41, 5.74) is 4.76. The molecular formula is C48H72O14Si8. The zero-order valence-electron chi connectivity index (χ0n) is 42.5. The van der Waals surface area contributed by atoms with E-state index < -0.39 is 90.2 Å². The van der Waals surface area contributed by atoms with Gasteiger partial charge in [-0.15, -0.1) is 0 Å². The summed E-state index contributed by atoms with van der Waals surface area (Å²) in [4.78, 5) is 38.6. The molecule has 0 amide bonds. The fraction of sp³-hybridized carbons (Fsp3) is 0.438. The van der Waals surface area contributed by atoms with Crippen molar-refractivity contribution in [2.75, 3.05) is 6.61 Å². The number of esters is 3. The van der Waals surface area contributed by atoms with Gasteiger partial charge in [-0.1, -0.05) is 62.4 Å². The van der Waals surface area contributed by atoms with Gasteiger partial charge in [-0.3, -0.25) is 4.79 Å². The van der Waals surface area contributed by atoms with Gasteiger partial charge in [0.15, 0.2) is 0 Å². The fourth-order valence-electron chi connectivity index (χ4n) is 8.81. The molecule has 0 aliphatic carbocycles. The van der Waals surface area contributed by atoms with Crippen molar-refractivity contribution in [2.24, 2.45) is 0 Å². The highest BCUT2D eigenvalue weighted by Gasteiger charge is 2.40. The molecule has 2 saturated heterocycles. The van der Waals surface area contributed by atoms with Gasteiger partial charge < -0.3 is 47.1 Å². The molecule has 0 radical (unpaired) electrons. The number of carbonyl (C=O) groups excluding carboxylic acids is 3. The first kappa shape index (κ1) is 56.0. The lowest BCUT2D eigenvalue weighted by Gasteiger charge is -2.37. The van der Waals surface area contributed by atoms with Gasteiger partial charge in [0.05, 0.1) is 17.7 Å². The summed E-state index contributed by atoms with van der Waals surface area (Å²) in [7, 11) is -15.3. The number of aryl methyl sites for hydroxylation is 2. The second kappa shape index (κ2) is 26.1. The Bertz CT molecular complexity index is 2280. The van der Waals surface area contributed by atoms with E-state index in [0.29, 0.717) is 48.5 Å². The van der Waals surface area contributed by atoms with E-state index in [0.717, 1.165) is 60.0 Å². The molecule has 4 aromatic rings. The highest BCUT2D eigenvalue weighted by molar-refractivity contribution is 6.82. The Balaban J connectivity index is 0.884. The van der Waals surface area contributed by atoms with E-state index in [9.17, 15) is 14.4 Å². The Hall–Kier alpha value is -3.29. The Morgan fingerprint density at radius 1 is 0.486 bits per heavy atom. The second-order valence-electron chi connectivity index (χ2n) is 18.9. The predicted octanol–water partition coefficient (Wildman–Crippen LogP) is 8.44. The van der Waals surface area contributed by atoms with E-state index >= 15 is 0 Å². The standard InChI is InChI=1S/C48H72O14Si8/c1-48(2,41-26-24-40(25-27-41)47(51)53-43-30-20-38(21-31-43)16-13-35-69(9)59-65(5)55-63(3)56-66(6)60-69)42-28-32-44(33-29-42)54-46(50)39-22-18-37(19-23-39)15-11-12-17-45(49)52-34-14-36-70(10)61-67(7)57-64(4)58-68(8)62-70/h18-33,63-68H,11-17,34-36H2,1-10H3. The second-order valence-corrected chi connectivity index (χ2v) is 39.4. The van der Waals surface area contributed by atoms with Crippen molar-refractivity contribution in [2.45, 2.75) is 129 Å². The van der Waals surface area contributed by atoms with E-state index in [1.165, 1.54) is 0 Å². The van der Waals surface area contributed by atoms with Crippen molar-refractivity contribution in [3.63, 3.8) is 0 Å². The van der Waals surface area contributed by atoms with Crippen molar-refractivity contribution in [1.29, 1.82) is 0 Å². The lowest BCUT2D eigenvalue weighted by molar-refractivity contribution is -0.143. The summed E-state index contributed by atoms with van der Waals surface area (Å²) in [6, 6.07) is 31.6. The monoisotopic (exact) mass is 1100 g/mol. The molecule has 22 heteroatoms. The molecule has 4 unspecified atom stereocenters. The van der Waals surface area contributed by atoms with Gasteiger partial charge in [0.2, 0.25) is 0 Å². The number of carbonyl (C=O) groups is 3. The molecule has 70 heavy (non-hydrogen) atoms. The van der Waals surface area contributed by atoms with E-state index in [4.69, 9.17) is 47.1 Å². The van der Waals surface area contributed by atoms with Crippen LogP contribution in [0, 0.1) is 0 Å². The summed E-state index contributed by atoms with van der Waals surface area (Å²) in [5, 5.41) is 0. The molecule has 0 N–H and O–H groups in total. The topological polar surface area (TPSA) is 153 Å². The summed E-state index contributed by atoms with van der Waals surface area (Å²) in [5.74, 6) is -0.144. The van der Waals surface area contributed by atoms with E-state index in [2.05, 4.69) is 40.0 Å². The van der Waals surface area contributed by atoms with Crippen molar-refractivity contribution in [3.8, 4) is 11.5 Å². The van der Waals surface area contributed by atoms with E-state index in [1.807, 2.05) is 86.9 Å². The quantitative estimate of drug-likeness (QED) is 0.0382. The van der Waals surface area contributed by atoms with E-state index in [1.54, 1.807) is 36.4 Å². The molecule has 2 fully saturated rings. The number of rotatable bonds is 19. The van der Waals surface area contributed by atoms with Gasteiger partial charge >= 0.3 is 35.0 Å². The first-order valence-corrected chi connectivity index (χ1v) is 42.2. The minimum atomic E-state index is -2.43. The summed E-state index contributed by atoms with van der Waals surface area (Å²) in [6.07, 6.45) is 5.12. The lowest BCUT2D eigenvalue weighted by atomic mass is 9.78. The third-order valence-electron chi connectivity index (χ3n) is 12.4. The van der Waals surface area contributed by atoms with Crippen LogP contribution in [0.3, 0.4) is 0 Å². The fourth-order valence-corrected chi connectivity index (χ4v) is 38.2. The maximum atomic E-state index is 13.1. The molecule has 2 heterocycles. The van der Waals surface area contributed by atoms with Crippen LogP contribution in [0.25, 0.3) is 0 Å². The molecule has 0 bridgehead atoms. The highest BCUT2D eigenvalue weighted by Crippen LogP contribution is 2.33. The van der Waals surface area contributed by atoms with Crippen LogP contribution in [0.1, 0.15) is 88.9 Å². The van der Waals surface area contributed by atoms with Crippen molar-refractivity contribution < 1.29 is 61.5 Å². The van der Waals surface area contributed by atoms with Crippen molar-refractivity contribution in [3.05, 3.63) is 130 Å². The van der Waals surface area contributed by atoms with Crippen molar-refractivity contribution in [1.82, 2.24) is 0 Å². The van der Waals surface area contributed by atoms with Crippen LogP contribution in [-0.4, -0.2) is 97.3 Å². The Kier molecular flexibility index (Phi) is 20.9. The number of hydrogen-bond acceptors (Lipinski definition) is 14. The normalized spacial score (nSPS) is 25.4. The molecule has 2 aliphatic heterocycles. The molecule has 6 rings (SSSR count). The molecule has 4 aromatic carbocycles. The summed E-state index contributed by atoms with van der Waals surface area (Å²) < 4.78 is 66.5. The summed E-state index contributed by atoms with van der Waals surface area (Å²) in [6.45, 7) is 20.9. The molecule has 0 aromatic heterocycles. The number of unbranched alkanes of at least 4 members (excludes halogenated alkanes) is 1. The predicted molar refractivity (Wildman–Crippen MR) is 289 cm³/mol.